The molecule has 108 valence electrons. The van der Waals surface area contributed by atoms with E-state index in [2.05, 4.69) is 19.2 Å². The highest BCUT2D eigenvalue weighted by atomic mass is 32.2. The first-order valence-corrected chi connectivity index (χ1v) is 8.48. The van der Waals surface area contributed by atoms with Gasteiger partial charge in [0.25, 0.3) is 10.2 Å². The zero-order chi connectivity index (χ0) is 13.4. The molecular formula is C12H27N3O2S. The summed E-state index contributed by atoms with van der Waals surface area (Å²) in [7, 11) is -3.24. The molecule has 1 aliphatic heterocycles. The maximum Gasteiger partial charge on any atom is 0.282 e. The average Bonchev–Trinajstić information content (AvgIpc) is 2.39. The molecule has 1 rings (SSSR count). The Kier molecular flexibility index (Phi) is 7.14. The first-order chi connectivity index (χ1) is 8.62. The van der Waals surface area contributed by atoms with E-state index in [1.165, 1.54) is 0 Å². The molecule has 0 radical (unpaired) electrons. The van der Waals surface area contributed by atoms with Crippen LogP contribution in [0.1, 0.15) is 39.5 Å². The molecule has 0 aromatic heterocycles. The number of hydrogen-bond donors (Lipinski definition) is 1. The first-order valence-electron chi connectivity index (χ1n) is 7.08. The van der Waals surface area contributed by atoms with Crippen molar-refractivity contribution in [1.29, 1.82) is 0 Å². The van der Waals surface area contributed by atoms with E-state index in [0.717, 1.165) is 38.8 Å². The molecule has 18 heavy (non-hydrogen) atoms. The monoisotopic (exact) mass is 277 g/mol. The quantitative estimate of drug-likeness (QED) is 0.721. The molecule has 0 aromatic rings. The molecule has 6 heteroatoms. The molecule has 1 saturated heterocycles. The van der Waals surface area contributed by atoms with Crippen LogP contribution in [0.2, 0.25) is 0 Å². The lowest BCUT2D eigenvalue weighted by Gasteiger charge is -2.32. The van der Waals surface area contributed by atoms with Gasteiger partial charge in [0.05, 0.1) is 0 Å². The van der Waals surface area contributed by atoms with Crippen LogP contribution in [-0.4, -0.2) is 56.3 Å². The summed E-state index contributed by atoms with van der Waals surface area (Å²) in [4.78, 5) is 0. The van der Waals surface area contributed by atoms with Crippen LogP contribution in [0.5, 0.6) is 0 Å². The van der Waals surface area contributed by atoms with Gasteiger partial charge in [-0.3, -0.25) is 0 Å². The van der Waals surface area contributed by atoms with Crippen LogP contribution in [0.4, 0.5) is 0 Å². The summed E-state index contributed by atoms with van der Waals surface area (Å²) in [6.45, 7) is 8.20. The fourth-order valence-corrected chi connectivity index (χ4v) is 3.74. The summed E-state index contributed by atoms with van der Waals surface area (Å²) in [6, 6.07) is 0. The molecule has 5 nitrogen and oxygen atoms in total. The Hall–Kier alpha value is -0.170. The van der Waals surface area contributed by atoms with Gasteiger partial charge in [-0.25, -0.2) is 0 Å². The summed E-state index contributed by atoms with van der Waals surface area (Å²) >= 11 is 0. The van der Waals surface area contributed by atoms with Crippen molar-refractivity contribution in [3.63, 3.8) is 0 Å². The van der Waals surface area contributed by atoms with E-state index in [-0.39, 0.29) is 0 Å². The molecule has 0 aliphatic carbocycles. The number of piperazine rings is 1. The third kappa shape index (κ3) is 4.50. The van der Waals surface area contributed by atoms with Crippen molar-refractivity contribution >= 4 is 10.2 Å². The topological polar surface area (TPSA) is 52.7 Å². The van der Waals surface area contributed by atoms with Gasteiger partial charge in [-0.1, -0.05) is 26.7 Å². The van der Waals surface area contributed by atoms with E-state index in [4.69, 9.17) is 0 Å². The fourth-order valence-electron chi connectivity index (χ4n) is 2.05. The molecule has 0 atom stereocenters. The Morgan fingerprint density at radius 2 is 1.56 bits per heavy atom. The van der Waals surface area contributed by atoms with Crippen LogP contribution in [0, 0.1) is 0 Å². The van der Waals surface area contributed by atoms with Gasteiger partial charge in [0.1, 0.15) is 0 Å². The van der Waals surface area contributed by atoms with Crippen LogP contribution < -0.4 is 5.32 Å². The SMILES string of the molecule is CCCCN(CCCC)S(=O)(=O)N1CCNCC1. The third-order valence-electron chi connectivity index (χ3n) is 3.25. The summed E-state index contributed by atoms with van der Waals surface area (Å²) in [5.41, 5.74) is 0. The van der Waals surface area contributed by atoms with Gasteiger partial charge >= 0.3 is 0 Å². The molecule has 0 amide bonds. The van der Waals surface area contributed by atoms with Crippen molar-refractivity contribution in [2.45, 2.75) is 39.5 Å². The lowest BCUT2D eigenvalue weighted by Crippen LogP contribution is -2.52. The molecular weight excluding hydrogens is 250 g/mol. The summed E-state index contributed by atoms with van der Waals surface area (Å²) < 4.78 is 28.3. The van der Waals surface area contributed by atoms with E-state index in [1.54, 1.807) is 8.61 Å². The minimum Gasteiger partial charge on any atom is -0.314 e. The third-order valence-corrected chi connectivity index (χ3v) is 5.29. The second-order valence-corrected chi connectivity index (χ2v) is 6.69. The number of nitrogens with one attached hydrogen (secondary N) is 1. The number of nitrogens with zero attached hydrogens (tertiary/aromatic N) is 2. The molecule has 0 saturated carbocycles. The molecule has 0 spiro atoms. The van der Waals surface area contributed by atoms with Crippen molar-refractivity contribution in [2.24, 2.45) is 0 Å². The minimum absolute atomic E-state index is 0.594. The Balaban J connectivity index is 2.66. The Morgan fingerprint density at radius 1 is 1.06 bits per heavy atom. The van der Waals surface area contributed by atoms with Crippen LogP contribution in [-0.2, 0) is 10.2 Å². The van der Waals surface area contributed by atoms with Gasteiger partial charge < -0.3 is 5.32 Å². The van der Waals surface area contributed by atoms with Crippen LogP contribution >= 0.6 is 0 Å². The summed E-state index contributed by atoms with van der Waals surface area (Å²) in [6.07, 6.45) is 3.93. The molecule has 1 heterocycles. The number of unbranched alkanes of at least 4 members (excludes halogenated alkanes) is 2. The smallest absolute Gasteiger partial charge is 0.282 e. The van der Waals surface area contributed by atoms with Gasteiger partial charge in [0, 0.05) is 39.3 Å². The second-order valence-electron chi connectivity index (χ2n) is 4.76. The van der Waals surface area contributed by atoms with Gasteiger partial charge in [0.15, 0.2) is 0 Å². The van der Waals surface area contributed by atoms with Crippen molar-refractivity contribution in [3.8, 4) is 0 Å². The molecule has 1 aliphatic rings. The number of hydrogen-bond acceptors (Lipinski definition) is 3. The van der Waals surface area contributed by atoms with E-state index in [1.807, 2.05) is 0 Å². The molecule has 0 aromatic carbocycles. The van der Waals surface area contributed by atoms with E-state index >= 15 is 0 Å². The Morgan fingerprint density at radius 3 is 2.00 bits per heavy atom. The van der Waals surface area contributed by atoms with E-state index < -0.39 is 10.2 Å². The predicted octanol–water partition coefficient (Wildman–Crippen LogP) is 1.04. The number of rotatable bonds is 8. The van der Waals surface area contributed by atoms with Crippen molar-refractivity contribution < 1.29 is 8.42 Å². The lowest BCUT2D eigenvalue weighted by atomic mass is 10.3. The molecule has 1 fully saturated rings. The van der Waals surface area contributed by atoms with Crippen LogP contribution in [0.25, 0.3) is 0 Å². The minimum atomic E-state index is -3.24. The van der Waals surface area contributed by atoms with Gasteiger partial charge in [-0.2, -0.15) is 17.0 Å². The van der Waals surface area contributed by atoms with Gasteiger partial charge in [0.2, 0.25) is 0 Å². The predicted molar refractivity (Wildman–Crippen MR) is 74.8 cm³/mol. The van der Waals surface area contributed by atoms with Crippen LogP contribution in [0.15, 0.2) is 0 Å². The zero-order valence-electron chi connectivity index (χ0n) is 11.7. The van der Waals surface area contributed by atoms with Crippen molar-refractivity contribution in [1.82, 2.24) is 13.9 Å². The zero-order valence-corrected chi connectivity index (χ0v) is 12.5. The average molecular weight is 277 g/mol. The van der Waals surface area contributed by atoms with Crippen molar-refractivity contribution in [3.05, 3.63) is 0 Å². The standard InChI is InChI=1S/C12H27N3O2S/c1-3-5-9-14(10-6-4-2)18(16,17)15-11-7-13-8-12-15/h13H,3-12H2,1-2H3. The largest absolute Gasteiger partial charge is 0.314 e. The normalized spacial score (nSPS) is 18.4. The van der Waals surface area contributed by atoms with Crippen LogP contribution in [0.3, 0.4) is 0 Å². The highest BCUT2D eigenvalue weighted by molar-refractivity contribution is 7.86. The molecule has 0 unspecified atom stereocenters. The van der Waals surface area contributed by atoms with Gasteiger partial charge in [-0.15, -0.1) is 0 Å². The highest BCUT2D eigenvalue weighted by Gasteiger charge is 2.29. The first kappa shape index (κ1) is 15.9. The fraction of sp³-hybridized carbons (Fsp3) is 1.00. The maximum atomic E-state index is 12.5. The van der Waals surface area contributed by atoms with E-state index in [0.29, 0.717) is 26.2 Å². The van der Waals surface area contributed by atoms with Gasteiger partial charge in [-0.05, 0) is 12.8 Å². The second kappa shape index (κ2) is 8.09. The summed E-state index contributed by atoms with van der Waals surface area (Å²) in [5, 5.41) is 3.19. The Labute approximate surface area is 112 Å². The summed E-state index contributed by atoms with van der Waals surface area (Å²) in [5.74, 6) is 0. The van der Waals surface area contributed by atoms with Crippen molar-refractivity contribution in [2.75, 3.05) is 39.3 Å². The lowest BCUT2D eigenvalue weighted by molar-refractivity contribution is 0.306. The maximum absolute atomic E-state index is 12.5. The highest BCUT2D eigenvalue weighted by Crippen LogP contribution is 2.12. The molecule has 1 N–H and O–H groups in total. The van der Waals surface area contributed by atoms with E-state index in [9.17, 15) is 8.42 Å². The Bertz CT molecular complexity index is 305. The molecule has 0 bridgehead atoms.